The minimum absolute atomic E-state index is 0.118. The van der Waals surface area contributed by atoms with Gasteiger partial charge in [-0.1, -0.05) is 36.4 Å². The zero-order chi connectivity index (χ0) is 23.3. The van der Waals surface area contributed by atoms with Crippen LogP contribution in [0.25, 0.3) is 0 Å². The SMILES string of the molecule is CCN(Cc1ccccc1)C(=O)c1cc(NS(=O)(=O)c2cccs2)ccc1N1CCNCC1. The first-order valence-corrected chi connectivity index (χ1v) is 13.3. The van der Waals surface area contributed by atoms with Gasteiger partial charge in [0.1, 0.15) is 4.21 Å². The third-order valence-electron chi connectivity index (χ3n) is 5.58. The highest BCUT2D eigenvalue weighted by molar-refractivity contribution is 7.94. The molecule has 3 aromatic rings. The van der Waals surface area contributed by atoms with Gasteiger partial charge in [0, 0.05) is 50.6 Å². The van der Waals surface area contributed by atoms with Crippen molar-refractivity contribution in [1.29, 1.82) is 0 Å². The van der Waals surface area contributed by atoms with Crippen molar-refractivity contribution in [2.45, 2.75) is 17.7 Å². The Kier molecular flexibility index (Phi) is 7.32. The van der Waals surface area contributed by atoms with E-state index in [1.165, 1.54) is 0 Å². The first-order chi connectivity index (χ1) is 16.0. The molecule has 1 fully saturated rings. The minimum Gasteiger partial charge on any atom is -0.368 e. The summed E-state index contributed by atoms with van der Waals surface area (Å²) in [6, 6.07) is 18.4. The van der Waals surface area contributed by atoms with E-state index in [1.807, 2.05) is 43.3 Å². The highest BCUT2D eigenvalue weighted by Gasteiger charge is 2.24. The Morgan fingerprint density at radius 1 is 1.09 bits per heavy atom. The van der Waals surface area contributed by atoms with E-state index < -0.39 is 10.0 Å². The van der Waals surface area contributed by atoms with E-state index in [1.54, 1.807) is 34.5 Å². The van der Waals surface area contributed by atoms with Crippen LogP contribution in [0.5, 0.6) is 0 Å². The van der Waals surface area contributed by atoms with Crippen molar-refractivity contribution in [2.24, 2.45) is 0 Å². The molecule has 2 aromatic carbocycles. The maximum atomic E-state index is 13.7. The maximum Gasteiger partial charge on any atom is 0.271 e. The normalized spacial score (nSPS) is 14.2. The number of amides is 1. The topological polar surface area (TPSA) is 81.8 Å². The second kappa shape index (κ2) is 10.4. The molecule has 1 amide bonds. The van der Waals surface area contributed by atoms with Gasteiger partial charge in [-0.2, -0.15) is 0 Å². The Labute approximate surface area is 199 Å². The van der Waals surface area contributed by atoms with Gasteiger partial charge in [0.25, 0.3) is 15.9 Å². The zero-order valence-corrected chi connectivity index (χ0v) is 20.2. The largest absolute Gasteiger partial charge is 0.368 e. The number of sulfonamides is 1. The molecule has 0 unspecified atom stereocenters. The van der Waals surface area contributed by atoms with Gasteiger partial charge in [-0.05, 0) is 42.1 Å². The van der Waals surface area contributed by atoms with Crippen LogP contribution in [-0.4, -0.2) is 51.9 Å². The predicted octanol–water partition coefficient (Wildman–Crippen LogP) is 3.62. The van der Waals surface area contributed by atoms with Crippen LogP contribution in [0.15, 0.2) is 70.3 Å². The molecule has 174 valence electrons. The number of thiophene rings is 1. The molecule has 7 nitrogen and oxygen atoms in total. The number of rotatable bonds is 8. The van der Waals surface area contributed by atoms with Gasteiger partial charge in [0.15, 0.2) is 0 Å². The Bertz CT molecular complexity index is 1180. The Morgan fingerprint density at radius 2 is 1.85 bits per heavy atom. The lowest BCUT2D eigenvalue weighted by Gasteiger charge is -2.32. The summed E-state index contributed by atoms with van der Waals surface area (Å²) < 4.78 is 28.4. The molecule has 2 heterocycles. The molecule has 1 aromatic heterocycles. The van der Waals surface area contributed by atoms with E-state index in [2.05, 4.69) is 14.9 Å². The first-order valence-electron chi connectivity index (χ1n) is 11.0. The van der Waals surface area contributed by atoms with Crippen molar-refractivity contribution in [3.05, 3.63) is 77.2 Å². The molecule has 0 aliphatic carbocycles. The summed E-state index contributed by atoms with van der Waals surface area (Å²) in [6.45, 7) is 6.22. The van der Waals surface area contributed by atoms with E-state index in [9.17, 15) is 13.2 Å². The van der Waals surface area contributed by atoms with Crippen LogP contribution in [0.2, 0.25) is 0 Å². The number of hydrogen-bond acceptors (Lipinski definition) is 6. The highest BCUT2D eigenvalue weighted by Crippen LogP contribution is 2.29. The van der Waals surface area contributed by atoms with Gasteiger partial charge in [-0.3, -0.25) is 9.52 Å². The van der Waals surface area contributed by atoms with Gasteiger partial charge in [-0.15, -0.1) is 11.3 Å². The molecule has 1 saturated heterocycles. The number of benzene rings is 2. The Balaban J connectivity index is 1.67. The molecule has 2 N–H and O–H groups in total. The van der Waals surface area contributed by atoms with Gasteiger partial charge < -0.3 is 15.1 Å². The molecule has 33 heavy (non-hydrogen) atoms. The molecule has 9 heteroatoms. The smallest absolute Gasteiger partial charge is 0.271 e. The fourth-order valence-electron chi connectivity index (χ4n) is 3.88. The van der Waals surface area contributed by atoms with E-state index in [4.69, 9.17) is 0 Å². The van der Waals surface area contributed by atoms with E-state index in [-0.39, 0.29) is 10.1 Å². The van der Waals surface area contributed by atoms with E-state index >= 15 is 0 Å². The number of nitrogens with one attached hydrogen (secondary N) is 2. The minimum atomic E-state index is -3.70. The van der Waals surface area contributed by atoms with Crippen molar-refractivity contribution in [3.63, 3.8) is 0 Å². The van der Waals surface area contributed by atoms with Crippen LogP contribution in [0.3, 0.4) is 0 Å². The molecular formula is C24H28N4O3S2. The fraction of sp³-hybridized carbons (Fsp3) is 0.292. The average molecular weight is 485 g/mol. The van der Waals surface area contributed by atoms with Crippen LogP contribution < -0.4 is 14.9 Å². The van der Waals surface area contributed by atoms with Gasteiger partial charge in [0.05, 0.1) is 5.56 Å². The van der Waals surface area contributed by atoms with Crippen molar-refractivity contribution in [2.75, 3.05) is 42.3 Å². The molecular weight excluding hydrogens is 456 g/mol. The molecule has 0 saturated carbocycles. The van der Waals surface area contributed by atoms with Gasteiger partial charge in [0.2, 0.25) is 0 Å². The van der Waals surface area contributed by atoms with Crippen LogP contribution >= 0.6 is 11.3 Å². The summed E-state index contributed by atoms with van der Waals surface area (Å²) in [5.41, 5.74) is 2.75. The fourth-order valence-corrected chi connectivity index (χ4v) is 5.92. The molecule has 4 rings (SSSR count). The van der Waals surface area contributed by atoms with Crippen molar-refractivity contribution < 1.29 is 13.2 Å². The van der Waals surface area contributed by atoms with Crippen molar-refractivity contribution in [1.82, 2.24) is 10.2 Å². The number of piperazine rings is 1. The lowest BCUT2D eigenvalue weighted by Crippen LogP contribution is -2.44. The lowest BCUT2D eigenvalue weighted by atomic mass is 10.1. The maximum absolute atomic E-state index is 13.7. The molecule has 1 aliphatic heterocycles. The lowest BCUT2D eigenvalue weighted by molar-refractivity contribution is 0.0753. The number of nitrogens with zero attached hydrogens (tertiary/aromatic N) is 2. The quantitative estimate of drug-likeness (QED) is 0.510. The van der Waals surface area contributed by atoms with Crippen molar-refractivity contribution in [3.8, 4) is 0 Å². The second-order valence-corrected chi connectivity index (χ2v) is 10.7. The van der Waals surface area contributed by atoms with Gasteiger partial charge in [-0.25, -0.2) is 8.42 Å². The number of carbonyl (C=O) groups is 1. The van der Waals surface area contributed by atoms with Crippen molar-refractivity contribution >= 4 is 38.6 Å². The summed E-state index contributed by atoms with van der Waals surface area (Å²) in [4.78, 5) is 17.7. The molecule has 0 radical (unpaired) electrons. The summed E-state index contributed by atoms with van der Waals surface area (Å²) in [6.07, 6.45) is 0. The van der Waals surface area contributed by atoms with Crippen LogP contribution in [0, 0.1) is 0 Å². The van der Waals surface area contributed by atoms with Crippen LogP contribution in [-0.2, 0) is 16.6 Å². The Hall–Kier alpha value is -2.88. The standard InChI is InChI=1S/C24H28N4O3S2/c1-2-27(18-19-7-4-3-5-8-19)24(29)21-17-20(26-33(30,31)23-9-6-16-32-23)10-11-22(21)28-14-12-25-13-15-28/h3-11,16-17,25-26H,2,12-15,18H2,1H3. The highest BCUT2D eigenvalue weighted by atomic mass is 32.2. The summed E-state index contributed by atoms with van der Waals surface area (Å²) >= 11 is 1.15. The third-order valence-corrected chi connectivity index (χ3v) is 8.36. The van der Waals surface area contributed by atoms with Gasteiger partial charge >= 0.3 is 0 Å². The summed E-state index contributed by atoms with van der Waals surface area (Å²) in [5.74, 6) is -0.118. The summed E-state index contributed by atoms with van der Waals surface area (Å²) in [7, 11) is -3.70. The summed E-state index contributed by atoms with van der Waals surface area (Å²) in [5, 5.41) is 5.05. The first kappa shape index (κ1) is 23.3. The predicted molar refractivity (Wildman–Crippen MR) is 134 cm³/mol. The van der Waals surface area contributed by atoms with E-state index in [0.717, 1.165) is 48.8 Å². The molecule has 0 spiro atoms. The second-order valence-electron chi connectivity index (χ2n) is 7.81. The number of anilines is 2. The van der Waals surface area contributed by atoms with E-state index in [0.29, 0.717) is 24.3 Å². The Morgan fingerprint density at radius 3 is 2.52 bits per heavy atom. The number of hydrogen-bond donors (Lipinski definition) is 2. The molecule has 1 aliphatic rings. The molecule has 0 bridgehead atoms. The average Bonchev–Trinajstić information content (AvgIpc) is 3.39. The zero-order valence-electron chi connectivity index (χ0n) is 18.5. The monoisotopic (exact) mass is 484 g/mol. The number of carbonyl (C=O) groups excluding carboxylic acids is 1. The van der Waals surface area contributed by atoms with Crippen LogP contribution in [0.1, 0.15) is 22.8 Å². The third kappa shape index (κ3) is 5.55. The van der Waals surface area contributed by atoms with Crippen LogP contribution in [0.4, 0.5) is 11.4 Å². The molecule has 0 atom stereocenters.